The number of rotatable bonds is 2. The number of benzene rings is 1. The first-order valence-electron chi connectivity index (χ1n) is 10.6. The third-order valence-electron chi connectivity index (χ3n) is 5.40. The molecular weight excluding hydrogens is 437 g/mol. The van der Waals surface area contributed by atoms with Crippen LogP contribution in [0, 0.1) is 0 Å². The number of piperidine rings is 1. The van der Waals surface area contributed by atoms with Crippen LogP contribution in [-0.2, 0) is 10.9 Å². The van der Waals surface area contributed by atoms with Crippen molar-refractivity contribution in [1.82, 2.24) is 24.6 Å². The van der Waals surface area contributed by atoms with E-state index in [1.54, 1.807) is 9.58 Å². The number of nitrogens with zero attached hydrogens (tertiary/aromatic N) is 5. The van der Waals surface area contributed by atoms with E-state index in [1.807, 2.05) is 20.8 Å². The quantitative estimate of drug-likeness (QED) is 0.594. The molecular formula is C22H25F3N6O2. The molecule has 0 radical (unpaired) electrons. The van der Waals surface area contributed by atoms with Gasteiger partial charge >= 0.3 is 12.3 Å². The fraction of sp³-hybridized carbons (Fsp3) is 0.455. The summed E-state index contributed by atoms with van der Waals surface area (Å²) in [7, 11) is 0. The number of amides is 1. The molecule has 4 rings (SSSR count). The van der Waals surface area contributed by atoms with Crippen molar-refractivity contribution in [2.75, 3.05) is 18.8 Å². The van der Waals surface area contributed by atoms with Crippen LogP contribution in [0.15, 0.2) is 30.6 Å². The molecule has 1 amide bonds. The van der Waals surface area contributed by atoms with E-state index in [9.17, 15) is 18.0 Å². The van der Waals surface area contributed by atoms with E-state index in [-0.39, 0.29) is 11.9 Å². The smallest absolute Gasteiger partial charge is 0.416 e. The maximum Gasteiger partial charge on any atom is 0.416 e. The van der Waals surface area contributed by atoms with Crippen molar-refractivity contribution in [1.29, 1.82) is 0 Å². The number of nitrogen functional groups attached to an aromatic ring is 1. The number of carbonyl (C=O) groups excluding carboxylic acids is 1. The number of nitrogens with two attached hydrogens (primary N) is 1. The second-order valence-electron chi connectivity index (χ2n) is 9.05. The minimum atomic E-state index is -4.44. The lowest BCUT2D eigenvalue weighted by Crippen LogP contribution is -2.43. The lowest BCUT2D eigenvalue weighted by molar-refractivity contribution is -0.137. The topological polar surface area (TPSA) is 99.2 Å². The Morgan fingerprint density at radius 2 is 1.85 bits per heavy atom. The molecule has 0 saturated carbocycles. The van der Waals surface area contributed by atoms with E-state index >= 15 is 0 Å². The minimum Gasteiger partial charge on any atom is -0.444 e. The molecule has 1 aliphatic heterocycles. The first-order chi connectivity index (χ1) is 15.4. The van der Waals surface area contributed by atoms with E-state index in [0.717, 1.165) is 25.0 Å². The molecule has 1 fully saturated rings. The summed E-state index contributed by atoms with van der Waals surface area (Å²) in [5.41, 5.74) is 6.08. The van der Waals surface area contributed by atoms with Gasteiger partial charge in [0.25, 0.3) is 0 Å². The number of ether oxygens (including phenoxy) is 1. The van der Waals surface area contributed by atoms with Gasteiger partial charge in [-0.15, -0.1) is 0 Å². The van der Waals surface area contributed by atoms with Gasteiger partial charge in [-0.3, -0.25) is 0 Å². The second kappa shape index (κ2) is 8.20. The summed E-state index contributed by atoms with van der Waals surface area (Å²) in [6, 6.07) is 4.52. The lowest BCUT2D eigenvalue weighted by Gasteiger charge is -2.34. The number of hydrogen-bond acceptors (Lipinski definition) is 6. The minimum absolute atomic E-state index is 0.181. The van der Waals surface area contributed by atoms with Gasteiger partial charge in [0.05, 0.1) is 17.0 Å². The number of anilines is 1. The van der Waals surface area contributed by atoms with E-state index in [1.165, 1.54) is 18.5 Å². The summed E-state index contributed by atoms with van der Waals surface area (Å²) in [4.78, 5) is 22.6. The monoisotopic (exact) mass is 462 g/mol. The first-order valence-corrected chi connectivity index (χ1v) is 10.6. The van der Waals surface area contributed by atoms with Crippen LogP contribution in [0.5, 0.6) is 0 Å². The van der Waals surface area contributed by atoms with Crippen molar-refractivity contribution in [2.24, 2.45) is 0 Å². The molecule has 1 aromatic carbocycles. The van der Waals surface area contributed by atoms with Gasteiger partial charge in [-0.05, 0) is 45.7 Å². The summed E-state index contributed by atoms with van der Waals surface area (Å²) in [6.45, 7) is 6.35. The van der Waals surface area contributed by atoms with Crippen LogP contribution >= 0.6 is 0 Å². The third kappa shape index (κ3) is 4.71. The fourth-order valence-corrected chi connectivity index (χ4v) is 3.92. The van der Waals surface area contributed by atoms with Gasteiger partial charge in [0.2, 0.25) is 0 Å². The number of hydrogen-bond donors (Lipinski definition) is 1. The second-order valence-corrected chi connectivity index (χ2v) is 9.05. The standard InChI is InChI=1S/C22H25F3N6O2/c1-21(2,3)33-20(32)30-10-4-5-15(11-30)31-19-16(18(26)27-12-28-19)17(29-31)13-6-8-14(9-7-13)22(23,24)25/h6-9,12,15H,4-5,10-11H2,1-3H3,(H2,26,27,28)/t15-/m1/s1. The van der Waals surface area contributed by atoms with Crippen molar-refractivity contribution in [3.63, 3.8) is 0 Å². The van der Waals surface area contributed by atoms with Gasteiger partial charge in [-0.2, -0.15) is 18.3 Å². The molecule has 11 heteroatoms. The highest BCUT2D eigenvalue weighted by molar-refractivity contribution is 5.98. The highest BCUT2D eigenvalue weighted by Gasteiger charge is 2.32. The van der Waals surface area contributed by atoms with E-state index < -0.39 is 23.4 Å². The Bertz CT molecular complexity index is 1170. The van der Waals surface area contributed by atoms with Gasteiger partial charge < -0.3 is 15.4 Å². The predicted octanol–water partition coefficient (Wildman–Crippen LogP) is 4.67. The fourth-order valence-electron chi connectivity index (χ4n) is 3.92. The van der Waals surface area contributed by atoms with Crippen LogP contribution in [0.1, 0.15) is 45.2 Å². The number of carbonyl (C=O) groups is 1. The van der Waals surface area contributed by atoms with Crippen molar-refractivity contribution in [2.45, 2.75) is 51.4 Å². The average Bonchev–Trinajstić information content (AvgIpc) is 3.13. The van der Waals surface area contributed by atoms with Gasteiger partial charge in [0, 0.05) is 18.7 Å². The Morgan fingerprint density at radius 1 is 1.15 bits per heavy atom. The molecule has 33 heavy (non-hydrogen) atoms. The van der Waals surface area contributed by atoms with Crippen molar-refractivity contribution in [3.05, 3.63) is 36.2 Å². The number of halogens is 3. The van der Waals surface area contributed by atoms with E-state index in [4.69, 9.17) is 10.5 Å². The Morgan fingerprint density at radius 3 is 2.48 bits per heavy atom. The molecule has 8 nitrogen and oxygen atoms in total. The Balaban J connectivity index is 1.71. The van der Waals surface area contributed by atoms with Crippen LogP contribution in [0.4, 0.5) is 23.8 Å². The number of aromatic nitrogens is 4. The summed E-state index contributed by atoms with van der Waals surface area (Å²) in [5.74, 6) is 0.181. The van der Waals surface area contributed by atoms with Crippen molar-refractivity contribution < 1.29 is 22.7 Å². The molecule has 1 saturated heterocycles. The zero-order chi connectivity index (χ0) is 24.0. The summed E-state index contributed by atoms with van der Waals surface area (Å²) in [6.07, 6.45) is -2.04. The normalized spacial score (nSPS) is 17.4. The average molecular weight is 462 g/mol. The summed E-state index contributed by atoms with van der Waals surface area (Å²) >= 11 is 0. The van der Waals surface area contributed by atoms with E-state index in [0.29, 0.717) is 35.4 Å². The van der Waals surface area contributed by atoms with E-state index in [2.05, 4.69) is 15.1 Å². The SMILES string of the molecule is CC(C)(C)OC(=O)N1CCC[C@@H](n2nc(-c3ccc(C(F)(F)F)cc3)c3c(N)ncnc32)C1. The highest BCUT2D eigenvalue weighted by Crippen LogP contribution is 2.36. The zero-order valence-corrected chi connectivity index (χ0v) is 18.6. The Kier molecular flexibility index (Phi) is 5.67. The molecule has 3 heterocycles. The van der Waals surface area contributed by atoms with Crippen LogP contribution in [0.2, 0.25) is 0 Å². The molecule has 2 N–H and O–H groups in total. The summed E-state index contributed by atoms with van der Waals surface area (Å²) in [5, 5.41) is 5.14. The molecule has 2 aromatic heterocycles. The third-order valence-corrected chi connectivity index (χ3v) is 5.40. The van der Waals surface area contributed by atoms with Gasteiger partial charge in [0.15, 0.2) is 5.65 Å². The van der Waals surface area contributed by atoms with Gasteiger partial charge in [-0.1, -0.05) is 12.1 Å². The Labute approximate surface area is 188 Å². The molecule has 1 aliphatic rings. The van der Waals surface area contributed by atoms with Crippen LogP contribution in [-0.4, -0.2) is 49.4 Å². The van der Waals surface area contributed by atoms with Crippen LogP contribution < -0.4 is 5.73 Å². The summed E-state index contributed by atoms with van der Waals surface area (Å²) < 4.78 is 46.2. The van der Waals surface area contributed by atoms with Crippen molar-refractivity contribution >= 4 is 22.9 Å². The first kappa shape index (κ1) is 22.8. The molecule has 0 spiro atoms. The van der Waals surface area contributed by atoms with Crippen LogP contribution in [0.3, 0.4) is 0 Å². The molecule has 1 atom stereocenters. The number of fused-ring (bicyclic) bond motifs is 1. The number of alkyl halides is 3. The zero-order valence-electron chi connectivity index (χ0n) is 18.6. The molecule has 0 unspecified atom stereocenters. The molecule has 176 valence electrons. The lowest BCUT2D eigenvalue weighted by atomic mass is 10.1. The van der Waals surface area contributed by atoms with Gasteiger partial charge in [0.1, 0.15) is 23.4 Å². The molecule has 0 bridgehead atoms. The van der Waals surface area contributed by atoms with Crippen LogP contribution in [0.25, 0.3) is 22.3 Å². The maximum absolute atomic E-state index is 13.0. The Hall–Kier alpha value is -3.37. The molecule has 3 aromatic rings. The highest BCUT2D eigenvalue weighted by atomic mass is 19.4. The largest absolute Gasteiger partial charge is 0.444 e. The number of likely N-dealkylation sites (tertiary alicyclic amines) is 1. The maximum atomic E-state index is 13.0. The predicted molar refractivity (Wildman–Crippen MR) is 116 cm³/mol. The molecule has 0 aliphatic carbocycles. The van der Waals surface area contributed by atoms with Gasteiger partial charge in [-0.25, -0.2) is 19.4 Å². The van der Waals surface area contributed by atoms with Crippen molar-refractivity contribution in [3.8, 4) is 11.3 Å².